The monoisotopic (exact) mass is 222 g/mol. The lowest BCUT2D eigenvalue weighted by molar-refractivity contribution is -0.142. The zero-order chi connectivity index (χ0) is 11.7. The Bertz CT molecular complexity index is 399. The van der Waals surface area contributed by atoms with E-state index in [-0.39, 0.29) is 11.8 Å². The first-order valence-corrected chi connectivity index (χ1v) is 5.25. The molecule has 1 aromatic rings. The predicted molar refractivity (Wildman–Crippen MR) is 57.0 cm³/mol. The molecule has 1 saturated heterocycles. The highest BCUT2D eigenvalue weighted by atomic mass is 16.4. The average Bonchev–Trinajstić information content (AvgIpc) is 2.84. The van der Waals surface area contributed by atoms with Crippen LogP contribution in [0, 0.1) is 11.8 Å². The van der Waals surface area contributed by atoms with Crippen molar-refractivity contribution in [3.63, 3.8) is 0 Å². The van der Waals surface area contributed by atoms with Gasteiger partial charge in [0.05, 0.1) is 5.92 Å². The Morgan fingerprint density at radius 3 is 2.75 bits per heavy atom. The number of carboxylic acids is 1. The van der Waals surface area contributed by atoms with Gasteiger partial charge in [-0.25, -0.2) is 0 Å². The summed E-state index contributed by atoms with van der Waals surface area (Å²) < 4.78 is 0. The molecular weight excluding hydrogens is 208 g/mol. The molecule has 0 bridgehead atoms. The van der Waals surface area contributed by atoms with E-state index in [9.17, 15) is 9.59 Å². The topological polar surface area (TPSA) is 73.4 Å². The molecule has 1 aromatic heterocycles. The Balaban J connectivity index is 2.09. The fraction of sp³-hybridized carbons (Fsp3) is 0.455. The number of amides is 1. The first-order valence-electron chi connectivity index (χ1n) is 5.25. The van der Waals surface area contributed by atoms with Gasteiger partial charge in [0.1, 0.15) is 5.69 Å². The van der Waals surface area contributed by atoms with Crippen molar-refractivity contribution in [1.29, 1.82) is 0 Å². The molecule has 0 saturated carbocycles. The normalized spacial score (nSPS) is 24.7. The number of carboxylic acid groups (broad SMARTS) is 1. The van der Waals surface area contributed by atoms with Crippen molar-refractivity contribution in [1.82, 2.24) is 9.88 Å². The highest BCUT2D eigenvalue weighted by Crippen LogP contribution is 2.24. The van der Waals surface area contributed by atoms with Crippen molar-refractivity contribution >= 4 is 11.9 Å². The molecule has 1 amide bonds. The molecule has 16 heavy (non-hydrogen) atoms. The largest absolute Gasteiger partial charge is 0.481 e. The summed E-state index contributed by atoms with van der Waals surface area (Å²) >= 11 is 0. The molecule has 5 heteroatoms. The fourth-order valence-electron chi connectivity index (χ4n) is 2.09. The molecule has 2 atom stereocenters. The third-order valence-corrected chi connectivity index (χ3v) is 3.05. The molecule has 2 heterocycles. The number of aromatic nitrogens is 1. The van der Waals surface area contributed by atoms with Gasteiger partial charge < -0.3 is 15.0 Å². The van der Waals surface area contributed by atoms with Crippen LogP contribution < -0.4 is 0 Å². The van der Waals surface area contributed by atoms with Gasteiger partial charge in [-0.3, -0.25) is 9.59 Å². The summed E-state index contributed by atoms with van der Waals surface area (Å²) in [6, 6.07) is 3.45. The van der Waals surface area contributed by atoms with Gasteiger partial charge in [-0.1, -0.05) is 6.92 Å². The first kappa shape index (κ1) is 10.7. The second kappa shape index (κ2) is 4.00. The van der Waals surface area contributed by atoms with Gasteiger partial charge in [0, 0.05) is 19.3 Å². The second-order valence-electron chi connectivity index (χ2n) is 4.22. The number of nitrogens with zero attached hydrogens (tertiary/aromatic N) is 1. The summed E-state index contributed by atoms with van der Waals surface area (Å²) in [6.07, 6.45) is 1.68. The lowest BCUT2D eigenvalue weighted by Gasteiger charge is -2.14. The van der Waals surface area contributed by atoms with E-state index in [0.29, 0.717) is 18.8 Å². The molecule has 86 valence electrons. The van der Waals surface area contributed by atoms with Crippen LogP contribution in [0.15, 0.2) is 18.3 Å². The van der Waals surface area contributed by atoms with E-state index in [0.717, 1.165) is 0 Å². The highest BCUT2D eigenvalue weighted by molar-refractivity contribution is 5.93. The van der Waals surface area contributed by atoms with Crippen LogP contribution in [0.1, 0.15) is 17.4 Å². The number of H-pyrrole nitrogens is 1. The van der Waals surface area contributed by atoms with E-state index in [1.54, 1.807) is 23.2 Å². The first-order chi connectivity index (χ1) is 7.59. The maximum Gasteiger partial charge on any atom is 0.308 e. The molecule has 0 aromatic carbocycles. The number of hydrogen-bond donors (Lipinski definition) is 2. The molecule has 2 unspecified atom stereocenters. The fourth-order valence-corrected chi connectivity index (χ4v) is 2.09. The van der Waals surface area contributed by atoms with Gasteiger partial charge in [-0.15, -0.1) is 0 Å². The van der Waals surface area contributed by atoms with Gasteiger partial charge in [-0.05, 0) is 18.1 Å². The molecule has 2 N–H and O–H groups in total. The molecule has 1 aliphatic heterocycles. The summed E-state index contributed by atoms with van der Waals surface area (Å²) in [5.41, 5.74) is 0.512. The van der Waals surface area contributed by atoms with Crippen molar-refractivity contribution in [3.8, 4) is 0 Å². The van der Waals surface area contributed by atoms with E-state index in [1.165, 1.54) is 0 Å². The van der Waals surface area contributed by atoms with Crippen molar-refractivity contribution in [2.24, 2.45) is 11.8 Å². The predicted octanol–water partition coefficient (Wildman–Crippen LogP) is 0.807. The van der Waals surface area contributed by atoms with Gasteiger partial charge in [-0.2, -0.15) is 0 Å². The van der Waals surface area contributed by atoms with Gasteiger partial charge in [0.15, 0.2) is 0 Å². The number of carbonyl (C=O) groups is 2. The van der Waals surface area contributed by atoms with Crippen LogP contribution >= 0.6 is 0 Å². The SMILES string of the molecule is CC1CN(C(=O)c2ccc[nH]2)CC1C(=O)O. The smallest absolute Gasteiger partial charge is 0.308 e. The number of aromatic amines is 1. The van der Waals surface area contributed by atoms with Crippen LogP contribution in [0.4, 0.5) is 0 Å². The van der Waals surface area contributed by atoms with Crippen LogP contribution in [0.25, 0.3) is 0 Å². The van der Waals surface area contributed by atoms with Gasteiger partial charge in [0.25, 0.3) is 5.91 Å². The summed E-state index contributed by atoms with van der Waals surface area (Å²) in [6.45, 7) is 2.67. The minimum absolute atomic E-state index is 0.0106. The Kier molecular flexibility index (Phi) is 2.68. The number of rotatable bonds is 2. The minimum Gasteiger partial charge on any atom is -0.481 e. The van der Waals surface area contributed by atoms with Crippen molar-refractivity contribution in [2.45, 2.75) is 6.92 Å². The zero-order valence-electron chi connectivity index (χ0n) is 9.01. The van der Waals surface area contributed by atoms with Crippen LogP contribution in [-0.2, 0) is 4.79 Å². The quantitative estimate of drug-likeness (QED) is 0.777. The highest BCUT2D eigenvalue weighted by Gasteiger charge is 2.37. The number of carbonyl (C=O) groups excluding carboxylic acids is 1. The summed E-state index contributed by atoms with van der Waals surface area (Å²) in [7, 11) is 0. The molecule has 2 rings (SSSR count). The standard InChI is InChI=1S/C11H14N2O3/c1-7-5-13(6-8(7)11(15)16)10(14)9-3-2-4-12-9/h2-4,7-8,12H,5-6H2,1H3,(H,15,16). The molecular formula is C11H14N2O3. The summed E-state index contributed by atoms with van der Waals surface area (Å²) in [4.78, 5) is 27.3. The van der Waals surface area contributed by atoms with E-state index < -0.39 is 11.9 Å². The maximum absolute atomic E-state index is 11.9. The molecule has 0 spiro atoms. The molecule has 5 nitrogen and oxygen atoms in total. The van der Waals surface area contributed by atoms with E-state index in [2.05, 4.69) is 4.98 Å². The van der Waals surface area contributed by atoms with E-state index in [1.807, 2.05) is 6.92 Å². The number of nitrogens with one attached hydrogen (secondary N) is 1. The Labute approximate surface area is 93.1 Å². The van der Waals surface area contributed by atoms with Gasteiger partial charge in [0.2, 0.25) is 0 Å². The average molecular weight is 222 g/mol. The third kappa shape index (κ3) is 1.80. The second-order valence-corrected chi connectivity index (χ2v) is 4.22. The van der Waals surface area contributed by atoms with Crippen LogP contribution in [0.5, 0.6) is 0 Å². The maximum atomic E-state index is 11.9. The zero-order valence-corrected chi connectivity index (χ0v) is 9.01. The number of aliphatic carboxylic acids is 1. The van der Waals surface area contributed by atoms with Crippen molar-refractivity contribution in [2.75, 3.05) is 13.1 Å². The van der Waals surface area contributed by atoms with Crippen LogP contribution in [0.2, 0.25) is 0 Å². The minimum atomic E-state index is -0.825. The molecule has 0 aliphatic carbocycles. The van der Waals surface area contributed by atoms with Gasteiger partial charge >= 0.3 is 5.97 Å². The number of likely N-dealkylation sites (tertiary alicyclic amines) is 1. The third-order valence-electron chi connectivity index (χ3n) is 3.05. The Morgan fingerprint density at radius 1 is 1.50 bits per heavy atom. The van der Waals surface area contributed by atoms with Crippen LogP contribution in [0.3, 0.4) is 0 Å². The molecule has 1 aliphatic rings. The molecule has 0 radical (unpaired) electrons. The number of hydrogen-bond acceptors (Lipinski definition) is 2. The Morgan fingerprint density at radius 2 is 2.25 bits per heavy atom. The van der Waals surface area contributed by atoms with E-state index in [4.69, 9.17) is 5.11 Å². The summed E-state index contributed by atoms with van der Waals surface area (Å²) in [5, 5.41) is 8.97. The van der Waals surface area contributed by atoms with Crippen molar-refractivity contribution in [3.05, 3.63) is 24.0 Å². The van der Waals surface area contributed by atoms with Crippen LogP contribution in [-0.4, -0.2) is 40.0 Å². The van der Waals surface area contributed by atoms with Crippen molar-refractivity contribution < 1.29 is 14.7 Å². The Hall–Kier alpha value is -1.78. The summed E-state index contributed by atoms with van der Waals surface area (Å²) in [5.74, 6) is -1.38. The molecule has 1 fully saturated rings. The lowest BCUT2D eigenvalue weighted by atomic mass is 9.99. The van der Waals surface area contributed by atoms with E-state index >= 15 is 0 Å². The lowest BCUT2D eigenvalue weighted by Crippen LogP contribution is -2.30.